The van der Waals surface area contributed by atoms with E-state index in [0.717, 1.165) is 26.1 Å². The number of ether oxygens (including phenoxy) is 2. The molecule has 0 aliphatic carbocycles. The van der Waals surface area contributed by atoms with Gasteiger partial charge in [0.2, 0.25) is 5.88 Å². The maximum Gasteiger partial charge on any atom is 0.273 e. The first-order valence-corrected chi connectivity index (χ1v) is 5.59. The van der Waals surface area contributed by atoms with Crippen LogP contribution in [0.2, 0.25) is 5.02 Å². The third-order valence-electron chi connectivity index (χ3n) is 2.56. The molecule has 1 aromatic heterocycles. The van der Waals surface area contributed by atoms with E-state index in [9.17, 15) is 4.79 Å². The van der Waals surface area contributed by atoms with Crippen LogP contribution in [0.15, 0.2) is 11.1 Å². The first kappa shape index (κ1) is 11.4. The number of halogens is 1. The summed E-state index contributed by atoms with van der Waals surface area (Å²) < 4.78 is 10.7. The molecule has 0 aromatic carbocycles. The summed E-state index contributed by atoms with van der Waals surface area (Å²) in [6, 6.07) is 0. The molecule has 0 radical (unpaired) electrons. The second-order valence-corrected chi connectivity index (χ2v) is 4.10. The zero-order valence-electron chi connectivity index (χ0n) is 8.74. The van der Waals surface area contributed by atoms with Gasteiger partial charge in [0.05, 0.1) is 12.9 Å². The Morgan fingerprint density at radius 2 is 2.31 bits per heavy atom. The lowest BCUT2D eigenvalue weighted by Crippen LogP contribution is -2.22. The Hall–Kier alpha value is -1.07. The molecule has 88 valence electrons. The van der Waals surface area contributed by atoms with Gasteiger partial charge in [-0.3, -0.25) is 4.79 Å². The van der Waals surface area contributed by atoms with Gasteiger partial charge in [0, 0.05) is 13.2 Å². The molecule has 1 N–H and O–H groups in total. The number of nitrogens with one attached hydrogen (secondary N) is 1. The van der Waals surface area contributed by atoms with E-state index in [4.69, 9.17) is 21.1 Å². The second kappa shape index (κ2) is 5.32. The Labute approximate surface area is 97.7 Å². The van der Waals surface area contributed by atoms with Crippen LogP contribution in [0, 0.1) is 5.92 Å². The van der Waals surface area contributed by atoms with E-state index in [-0.39, 0.29) is 16.5 Å². The van der Waals surface area contributed by atoms with E-state index in [0.29, 0.717) is 12.5 Å². The van der Waals surface area contributed by atoms with Crippen LogP contribution in [-0.4, -0.2) is 29.8 Å². The molecular weight excluding hydrogens is 232 g/mol. The van der Waals surface area contributed by atoms with E-state index >= 15 is 0 Å². The van der Waals surface area contributed by atoms with Crippen molar-refractivity contribution in [3.8, 4) is 5.88 Å². The molecule has 1 fully saturated rings. The average Bonchev–Trinajstić information content (AvgIpc) is 2.32. The minimum Gasteiger partial charge on any atom is -0.476 e. The molecule has 0 saturated carbocycles. The van der Waals surface area contributed by atoms with E-state index in [1.807, 2.05) is 0 Å². The highest BCUT2D eigenvalue weighted by Gasteiger charge is 2.16. The fourth-order valence-electron chi connectivity index (χ4n) is 1.58. The summed E-state index contributed by atoms with van der Waals surface area (Å²) in [5, 5.41) is 0.00885. The van der Waals surface area contributed by atoms with Gasteiger partial charge in [-0.05, 0) is 18.8 Å². The third kappa shape index (κ3) is 2.74. The lowest BCUT2D eigenvalue weighted by molar-refractivity contribution is 0.0490. The maximum atomic E-state index is 11.2. The molecule has 1 aliphatic heterocycles. The van der Waals surface area contributed by atoms with Gasteiger partial charge < -0.3 is 14.5 Å². The fourth-order valence-corrected chi connectivity index (χ4v) is 1.74. The van der Waals surface area contributed by atoms with Crippen LogP contribution in [0.25, 0.3) is 0 Å². The first-order valence-electron chi connectivity index (χ1n) is 5.21. The molecule has 16 heavy (non-hydrogen) atoms. The van der Waals surface area contributed by atoms with Crippen LogP contribution in [-0.2, 0) is 4.74 Å². The zero-order valence-corrected chi connectivity index (χ0v) is 9.50. The van der Waals surface area contributed by atoms with Gasteiger partial charge in [-0.15, -0.1) is 0 Å². The van der Waals surface area contributed by atoms with Crippen LogP contribution in [0.3, 0.4) is 0 Å². The Balaban J connectivity index is 1.93. The van der Waals surface area contributed by atoms with Gasteiger partial charge in [0.1, 0.15) is 0 Å². The summed E-state index contributed by atoms with van der Waals surface area (Å²) >= 11 is 5.75. The minimum absolute atomic E-state index is 0.00885. The van der Waals surface area contributed by atoms with Gasteiger partial charge in [-0.1, -0.05) is 11.6 Å². The molecule has 1 aromatic rings. The molecule has 2 heterocycles. The highest BCUT2D eigenvalue weighted by Crippen LogP contribution is 2.19. The first-order chi connectivity index (χ1) is 7.77. The Morgan fingerprint density at radius 1 is 1.56 bits per heavy atom. The predicted molar refractivity (Wildman–Crippen MR) is 58.9 cm³/mol. The highest BCUT2D eigenvalue weighted by atomic mass is 35.5. The van der Waals surface area contributed by atoms with Gasteiger partial charge in [-0.2, -0.15) is 0 Å². The van der Waals surface area contributed by atoms with Crippen LogP contribution in [0.5, 0.6) is 5.88 Å². The Bertz CT molecular complexity index is 401. The summed E-state index contributed by atoms with van der Waals surface area (Å²) in [4.78, 5) is 17.4. The van der Waals surface area contributed by atoms with E-state index in [1.54, 1.807) is 0 Å². The summed E-state index contributed by atoms with van der Waals surface area (Å²) in [5.41, 5.74) is -0.376. The smallest absolute Gasteiger partial charge is 0.273 e. The SMILES string of the molecule is O=c1[nH]cnc(OCC2CCOCC2)c1Cl. The molecule has 0 bridgehead atoms. The summed E-state index contributed by atoms with van der Waals surface area (Å²) in [6.45, 7) is 2.06. The second-order valence-electron chi connectivity index (χ2n) is 3.72. The van der Waals surface area contributed by atoms with Crippen LogP contribution in [0.4, 0.5) is 0 Å². The van der Waals surface area contributed by atoms with Crippen molar-refractivity contribution in [2.24, 2.45) is 5.92 Å². The van der Waals surface area contributed by atoms with Crippen molar-refractivity contribution >= 4 is 11.6 Å². The quantitative estimate of drug-likeness (QED) is 0.869. The van der Waals surface area contributed by atoms with Crippen molar-refractivity contribution in [3.05, 3.63) is 21.7 Å². The predicted octanol–water partition coefficient (Wildman–Crippen LogP) is 1.23. The van der Waals surface area contributed by atoms with E-state index in [2.05, 4.69) is 9.97 Å². The number of aromatic amines is 1. The van der Waals surface area contributed by atoms with Crippen molar-refractivity contribution in [2.75, 3.05) is 19.8 Å². The number of aromatic nitrogens is 2. The van der Waals surface area contributed by atoms with E-state index in [1.165, 1.54) is 6.33 Å². The van der Waals surface area contributed by atoms with Crippen molar-refractivity contribution in [2.45, 2.75) is 12.8 Å². The molecule has 0 atom stereocenters. The molecule has 0 amide bonds. The van der Waals surface area contributed by atoms with Crippen LogP contribution in [0.1, 0.15) is 12.8 Å². The standard InChI is InChI=1S/C10H13ClN2O3/c11-8-9(14)12-6-13-10(8)16-5-7-1-3-15-4-2-7/h6-7H,1-5H2,(H,12,13,14). The van der Waals surface area contributed by atoms with Gasteiger partial charge in [0.25, 0.3) is 5.56 Å². The average molecular weight is 245 g/mol. The van der Waals surface area contributed by atoms with Crippen molar-refractivity contribution in [1.82, 2.24) is 9.97 Å². The van der Waals surface area contributed by atoms with Gasteiger partial charge in [-0.25, -0.2) is 4.98 Å². The van der Waals surface area contributed by atoms with Gasteiger partial charge in [0.15, 0.2) is 5.02 Å². The number of nitrogens with zero attached hydrogens (tertiary/aromatic N) is 1. The lowest BCUT2D eigenvalue weighted by atomic mass is 10.0. The van der Waals surface area contributed by atoms with Gasteiger partial charge >= 0.3 is 0 Å². The molecule has 5 nitrogen and oxygen atoms in total. The summed E-state index contributed by atoms with van der Waals surface area (Å²) in [7, 11) is 0. The largest absolute Gasteiger partial charge is 0.476 e. The molecule has 0 spiro atoms. The van der Waals surface area contributed by atoms with Crippen molar-refractivity contribution < 1.29 is 9.47 Å². The lowest BCUT2D eigenvalue weighted by Gasteiger charge is -2.21. The maximum absolute atomic E-state index is 11.2. The van der Waals surface area contributed by atoms with Crippen LogP contribution >= 0.6 is 11.6 Å². The fraction of sp³-hybridized carbons (Fsp3) is 0.600. The van der Waals surface area contributed by atoms with E-state index < -0.39 is 0 Å². The summed E-state index contributed by atoms with van der Waals surface area (Å²) in [6.07, 6.45) is 3.23. The monoisotopic (exact) mass is 244 g/mol. The topological polar surface area (TPSA) is 64.2 Å². The Kier molecular flexibility index (Phi) is 3.79. The van der Waals surface area contributed by atoms with Crippen molar-refractivity contribution in [3.63, 3.8) is 0 Å². The summed E-state index contributed by atoms with van der Waals surface area (Å²) in [5.74, 6) is 0.655. The van der Waals surface area contributed by atoms with Crippen molar-refractivity contribution in [1.29, 1.82) is 0 Å². The molecular formula is C10H13ClN2O3. The molecule has 1 saturated heterocycles. The minimum atomic E-state index is -0.376. The Morgan fingerprint density at radius 3 is 3.06 bits per heavy atom. The number of hydrogen-bond donors (Lipinski definition) is 1. The molecule has 6 heteroatoms. The third-order valence-corrected chi connectivity index (χ3v) is 2.89. The molecule has 0 unspecified atom stereocenters. The normalized spacial score (nSPS) is 17.3. The van der Waals surface area contributed by atoms with Crippen LogP contribution < -0.4 is 10.3 Å². The number of H-pyrrole nitrogens is 1. The zero-order chi connectivity index (χ0) is 11.4. The molecule has 2 rings (SSSR count). The molecule has 1 aliphatic rings. The highest BCUT2D eigenvalue weighted by molar-refractivity contribution is 6.31. The number of rotatable bonds is 3. The number of hydrogen-bond acceptors (Lipinski definition) is 4.